The number of carboxylic acids is 1. The molecule has 0 aromatic heterocycles. The lowest BCUT2D eigenvalue weighted by atomic mass is 9.76. The molecule has 2 aliphatic heterocycles. The Morgan fingerprint density at radius 1 is 0.594 bits per heavy atom. The van der Waals surface area contributed by atoms with Crippen LogP contribution in [0.5, 0.6) is 0 Å². The van der Waals surface area contributed by atoms with Crippen molar-refractivity contribution in [3.05, 3.63) is 138 Å². The first-order valence-electron chi connectivity index (χ1n) is 21.7. The molecule has 9 nitrogen and oxygen atoms in total. The summed E-state index contributed by atoms with van der Waals surface area (Å²) in [6, 6.07) is 23.9. The number of rotatable bonds is 10. The van der Waals surface area contributed by atoms with E-state index in [1.54, 1.807) is 72.8 Å². The minimum Gasteiger partial charge on any atom is -0.478 e. The van der Waals surface area contributed by atoms with Crippen LogP contribution >= 0.6 is 58.0 Å². The Kier molecular flexibility index (Phi) is 14.7. The molecule has 0 unspecified atom stereocenters. The van der Waals surface area contributed by atoms with E-state index in [2.05, 4.69) is 27.7 Å². The van der Waals surface area contributed by atoms with E-state index in [0.717, 1.165) is 62.5 Å². The highest BCUT2D eigenvalue weighted by atomic mass is 35.5. The van der Waals surface area contributed by atoms with Gasteiger partial charge in [-0.1, -0.05) is 98.4 Å². The van der Waals surface area contributed by atoms with Crippen molar-refractivity contribution in [3.8, 4) is 0 Å². The summed E-state index contributed by atoms with van der Waals surface area (Å²) in [5.41, 5.74) is 3.33. The molecule has 2 saturated carbocycles. The van der Waals surface area contributed by atoms with E-state index in [0.29, 0.717) is 85.0 Å². The van der Waals surface area contributed by atoms with Crippen molar-refractivity contribution >= 4 is 92.5 Å². The highest BCUT2D eigenvalue weighted by Gasteiger charge is 2.50. The maximum atomic E-state index is 13.6. The van der Waals surface area contributed by atoms with Crippen LogP contribution < -0.4 is 0 Å². The number of carbonyl (C=O) groups is 4. The average molecular weight is 965 g/mol. The van der Waals surface area contributed by atoms with Crippen molar-refractivity contribution in [2.75, 3.05) is 0 Å². The molecule has 8 rings (SSSR count). The summed E-state index contributed by atoms with van der Waals surface area (Å²) in [5.74, 6) is 1.21. The number of carboxylic acid groups (broad SMARTS) is 1. The fourth-order valence-electron chi connectivity index (χ4n) is 9.62. The van der Waals surface area contributed by atoms with Crippen LogP contribution in [0, 0.1) is 23.7 Å². The molecule has 64 heavy (non-hydrogen) atoms. The Morgan fingerprint density at radius 2 is 0.922 bits per heavy atom. The van der Waals surface area contributed by atoms with Crippen LogP contribution in [0.3, 0.4) is 0 Å². The Balaban J connectivity index is 0.000000191. The van der Waals surface area contributed by atoms with Crippen molar-refractivity contribution in [1.82, 2.24) is 9.80 Å². The predicted molar refractivity (Wildman–Crippen MR) is 256 cm³/mol. The van der Waals surface area contributed by atoms with Gasteiger partial charge in [-0.3, -0.25) is 24.4 Å². The first-order chi connectivity index (χ1) is 30.4. The smallest absolute Gasteiger partial charge is 0.335 e. The lowest BCUT2D eigenvalue weighted by molar-refractivity contribution is -0.131. The number of nitrogens with zero attached hydrogens (tertiary/aromatic N) is 4. The van der Waals surface area contributed by atoms with Crippen LogP contribution in [0.2, 0.25) is 20.1 Å². The van der Waals surface area contributed by atoms with Gasteiger partial charge in [0.05, 0.1) is 5.56 Å². The highest BCUT2D eigenvalue weighted by molar-refractivity contribution is 6.67. The van der Waals surface area contributed by atoms with Crippen LogP contribution in [0.25, 0.3) is 0 Å². The fraction of sp³-hybridized carbons (Fsp3) is 0.400. The number of carbonyl (C=O) groups excluding carboxylic acids is 3. The molecule has 4 aromatic rings. The van der Waals surface area contributed by atoms with Crippen LogP contribution in [-0.2, 0) is 22.7 Å². The minimum absolute atomic E-state index is 0.121. The van der Waals surface area contributed by atoms with E-state index in [4.69, 9.17) is 68.0 Å². The van der Waals surface area contributed by atoms with E-state index in [1.165, 1.54) is 0 Å². The molecule has 0 atom stereocenters. The molecule has 4 aromatic carbocycles. The average Bonchev–Trinajstić information content (AvgIpc) is 3.66. The number of hydrogen-bond donors (Lipinski definition) is 1. The normalized spacial score (nSPS) is 23.2. The largest absolute Gasteiger partial charge is 0.478 e. The maximum Gasteiger partial charge on any atom is 0.335 e. The molecule has 14 heteroatoms. The third kappa shape index (κ3) is 10.4. The molecule has 336 valence electrons. The molecule has 4 aliphatic rings. The van der Waals surface area contributed by atoms with Gasteiger partial charge in [-0.05, 0) is 158 Å². The number of benzene rings is 4. The van der Waals surface area contributed by atoms with Gasteiger partial charge in [-0.15, -0.1) is 0 Å². The summed E-state index contributed by atoms with van der Waals surface area (Å²) in [4.78, 5) is 63.6. The molecule has 0 saturated heterocycles. The topological polar surface area (TPSA) is 120 Å². The molecular weight excluding hydrogens is 914 g/mol. The van der Waals surface area contributed by atoms with Crippen LogP contribution in [0.15, 0.2) is 94.9 Å². The summed E-state index contributed by atoms with van der Waals surface area (Å²) in [7, 11) is 0. The van der Waals surface area contributed by atoms with E-state index < -0.39 is 22.5 Å². The van der Waals surface area contributed by atoms with Gasteiger partial charge in [0, 0.05) is 49.9 Å². The van der Waals surface area contributed by atoms with Crippen molar-refractivity contribution < 1.29 is 24.3 Å². The van der Waals surface area contributed by atoms with E-state index in [9.17, 15) is 24.3 Å². The molecule has 2 aliphatic carbocycles. The van der Waals surface area contributed by atoms with Crippen molar-refractivity contribution in [2.24, 2.45) is 33.7 Å². The van der Waals surface area contributed by atoms with Crippen molar-refractivity contribution in [1.29, 1.82) is 0 Å². The summed E-state index contributed by atoms with van der Waals surface area (Å²) < 4.78 is 0. The third-order valence-electron chi connectivity index (χ3n) is 13.4. The zero-order valence-electron chi connectivity index (χ0n) is 36.2. The van der Waals surface area contributed by atoms with E-state index in [1.807, 2.05) is 21.9 Å². The summed E-state index contributed by atoms with van der Waals surface area (Å²) >= 11 is 30.4. The van der Waals surface area contributed by atoms with Gasteiger partial charge in [0.2, 0.25) is 0 Å². The van der Waals surface area contributed by atoms with Gasteiger partial charge >= 0.3 is 5.97 Å². The Hall–Kier alpha value is -4.25. The lowest BCUT2D eigenvalue weighted by Crippen LogP contribution is -2.48. The summed E-state index contributed by atoms with van der Waals surface area (Å²) in [6.45, 7) is 9.76. The molecule has 2 amide bonds. The number of aromatic carboxylic acids is 1. The summed E-state index contributed by atoms with van der Waals surface area (Å²) in [5, 5.41) is 10.5. The second kappa shape index (κ2) is 19.7. The quantitative estimate of drug-likeness (QED) is 0.159. The van der Waals surface area contributed by atoms with Gasteiger partial charge < -0.3 is 14.9 Å². The minimum atomic E-state index is -0.972. The SMILES string of the molecule is CC(C)C1CCC2(CC1)N=C(c1cc(Cl)cc(Cl)c1)C(=O)N2Cc1ccc(C(=O)Cl)cc1.CC(C)C1CCC2(CC1)N=C(c1cc(Cl)cc(Cl)c1)C(=O)N2Cc1ccc(C(=O)O)cc1. The second-order valence-electron chi connectivity index (χ2n) is 18.1. The molecule has 1 N–H and O–H groups in total. The van der Waals surface area contributed by atoms with Crippen molar-refractivity contribution in [2.45, 2.75) is 103 Å². The van der Waals surface area contributed by atoms with Gasteiger partial charge in [0.25, 0.3) is 17.1 Å². The number of hydrogen-bond acceptors (Lipinski definition) is 6. The van der Waals surface area contributed by atoms with Gasteiger partial charge in [-0.2, -0.15) is 0 Å². The molecular formula is C50H51Cl5N4O5. The van der Waals surface area contributed by atoms with Gasteiger partial charge in [0.1, 0.15) is 22.7 Å². The van der Waals surface area contributed by atoms with Crippen LogP contribution in [0.1, 0.15) is 122 Å². The Morgan fingerprint density at radius 3 is 1.22 bits per heavy atom. The molecule has 2 fully saturated rings. The molecule has 2 heterocycles. The van der Waals surface area contributed by atoms with Crippen molar-refractivity contribution in [3.63, 3.8) is 0 Å². The highest BCUT2D eigenvalue weighted by Crippen LogP contribution is 2.46. The molecule has 0 bridgehead atoms. The monoisotopic (exact) mass is 962 g/mol. The zero-order chi connectivity index (χ0) is 46.1. The first kappa shape index (κ1) is 47.7. The number of halogens is 5. The van der Waals surface area contributed by atoms with Crippen LogP contribution in [-0.4, -0.2) is 60.7 Å². The maximum absolute atomic E-state index is 13.6. The van der Waals surface area contributed by atoms with E-state index in [-0.39, 0.29) is 17.4 Å². The molecule has 2 spiro atoms. The lowest BCUT2D eigenvalue weighted by Gasteiger charge is -2.42. The first-order valence-corrected chi connectivity index (χ1v) is 23.6. The zero-order valence-corrected chi connectivity index (χ0v) is 40.0. The fourth-order valence-corrected chi connectivity index (χ4v) is 10.8. The molecule has 0 radical (unpaired) electrons. The number of aliphatic imine (C=N–C) groups is 2. The predicted octanol–water partition coefficient (Wildman–Crippen LogP) is 12.8. The third-order valence-corrected chi connectivity index (χ3v) is 14.5. The van der Waals surface area contributed by atoms with Gasteiger partial charge in [0.15, 0.2) is 0 Å². The van der Waals surface area contributed by atoms with Gasteiger partial charge in [-0.25, -0.2) is 4.79 Å². The van der Waals surface area contributed by atoms with Crippen LogP contribution in [0.4, 0.5) is 0 Å². The number of amides is 2. The Labute approximate surface area is 399 Å². The Bertz CT molecular complexity index is 2270. The standard InChI is InChI=1S/C25H25Cl3N2O2.C25H26Cl2N2O3/c1-15(2)17-7-9-25(10-8-17)29-22(19-11-20(26)13-21(27)12-19)24(32)30(25)14-16-3-5-18(6-4-16)23(28)31;1-15(2)17-7-9-25(10-8-17)28-22(19-11-20(26)13-21(27)12-19)23(30)29(25)14-16-3-5-18(6-4-16)24(31)32/h3-6,11-13,15,17H,7-10,14H2,1-2H3;3-6,11-13,15,17H,7-10,14H2,1-2H3,(H,31,32). The second-order valence-corrected chi connectivity index (χ2v) is 20.2. The van der Waals surface area contributed by atoms with E-state index >= 15 is 0 Å². The summed E-state index contributed by atoms with van der Waals surface area (Å²) in [6.07, 6.45) is 7.29.